The number of amides is 1. The van der Waals surface area contributed by atoms with Crippen LogP contribution in [0.15, 0.2) is 0 Å². The minimum Gasteiger partial charge on any atom is -0.355 e. The summed E-state index contributed by atoms with van der Waals surface area (Å²) in [5, 5.41) is 2.65. The molecule has 1 aliphatic rings. The highest BCUT2D eigenvalue weighted by Gasteiger charge is 2.15. The van der Waals surface area contributed by atoms with Crippen molar-refractivity contribution in [2.75, 3.05) is 0 Å². The Morgan fingerprint density at radius 2 is 1.87 bits per heavy atom. The maximum atomic E-state index is 10.3. The van der Waals surface area contributed by atoms with Crippen LogP contribution in [-0.2, 0) is 9.53 Å². The van der Waals surface area contributed by atoms with Gasteiger partial charge in [-0.25, -0.2) is 0 Å². The normalized spacial score (nSPS) is 21.4. The monoisotopic (exact) mass is 212 g/mol. The molecule has 0 spiro atoms. The van der Waals surface area contributed by atoms with E-state index in [1.165, 1.54) is 32.1 Å². The Morgan fingerprint density at radius 3 is 2.40 bits per heavy atom. The van der Waals surface area contributed by atoms with Crippen LogP contribution in [0.1, 0.15) is 51.4 Å². The lowest BCUT2D eigenvalue weighted by Gasteiger charge is -2.25. The van der Waals surface area contributed by atoms with E-state index >= 15 is 0 Å². The number of nitrogens with one attached hydrogen (secondary N) is 1. The topological polar surface area (TPSA) is 38.3 Å². The summed E-state index contributed by atoms with van der Waals surface area (Å²) in [7, 11) is 0. The van der Waals surface area contributed by atoms with Crippen LogP contribution in [0.2, 0.25) is 0 Å². The van der Waals surface area contributed by atoms with Crippen molar-refractivity contribution in [1.29, 1.82) is 0 Å². The second-order valence-electron chi connectivity index (χ2n) is 4.17. The smallest absolute Gasteiger partial charge is 0.209 e. The van der Waals surface area contributed by atoms with Gasteiger partial charge in [0.15, 0.2) is 0 Å². The van der Waals surface area contributed by atoms with E-state index in [-0.39, 0.29) is 6.23 Å². The molecular weight excluding hydrogens is 190 g/mol. The Bertz CT molecular complexity index is 165. The number of ether oxygens (including phenoxy) is 1. The maximum Gasteiger partial charge on any atom is 0.209 e. The lowest BCUT2D eigenvalue weighted by Crippen LogP contribution is -2.34. The van der Waals surface area contributed by atoms with Crippen LogP contribution < -0.4 is 5.32 Å². The van der Waals surface area contributed by atoms with Crippen molar-refractivity contribution >= 4 is 6.41 Å². The molecule has 0 aromatic heterocycles. The van der Waals surface area contributed by atoms with Crippen LogP contribution in [0.4, 0.5) is 0 Å². The first-order valence-electron chi connectivity index (χ1n) is 6.01. The summed E-state index contributed by atoms with van der Waals surface area (Å²) in [4.78, 5) is 10.3. The molecule has 3 nitrogen and oxygen atoms in total. The summed E-state index contributed by atoms with van der Waals surface area (Å²) in [5.41, 5.74) is 0. The molecule has 1 rings (SSSR count). The average molecular weight is 212 g/mol. The second-order valence-corrected chi connectivity index (χ2v) is 4.17. The molecule has 0 aromatic carbocycles. The van der Waals surface area contributed by atoms with Crippen LogP contribution in [0.25, 0.3) is 0 Å². The van der Waals surface area contributed by atoms with Crippen molar-refractivity contribution < 1.29 is 9.53 Å². The van der Waals surface area contributed by atoms with Gasteiger partial charge in [0.05, 0.1) is 6.10 Å². The van der Waals surface area contributed by atoms with Crippen LogP contribution in [-0.4, -0.2) is 18.7 Å². The Morgan fingerprint density at radius 1 is 1.27 bits per heavy atom. The Labute approximate surface area is 92.6 Å². The van der Waals surface area contributed by atoms with Gasteiger partial charge in [-0.3, -0.25) is 4.79 Å². The molecule has 0 aromatic rings. The molecule has 1 unspecified atom stereocenters. The minimum atomic E-state index is -0.202. The fourth-order valence-electron chi connectivity index (χ4n) is 2.05. The molecule has 0 aliphatic heterocycles. The molecule has 87 valence electrons. The molecule has 0 heterocycles. The van der Waals surface area contributed by atoms with Crippen molar-refractivity contribution in [3.05, 3.63) is 6.92 Å². The van der Waals surface area contributed by atoms with Gasteiger partial charge >= 0.3 is 0 Å². The SMILES string of the molecule is [CH2]CC(NC=O)OC1CCCCCCC1. The Balaban J connectivity index is 2.28. The predicted octanol–water partition coefficient (Wildman–Crippen LogP) is 2.41. The maximum absolute atomic E-state index is 10.3. The molecule has 0 bridgehead atoms. The van der Waals surface area contributed by atoms with E-state index in [0.29, 0.717) is 18.9 Å². The van der Waals surface area contributed by atoms with Gasteiger partial charge in [-0.05, 0) is 26.2 Å². The fourth-order valence-corrected chi connectivity index (χ4v) is 2.05. The zero-order chi connectivity index (χ0) is 10.9. The molecule has 1 N–H and O–H groups in total. The van der Waals surface area contributed by atoms with Gasteiger partial charge in [-0.15, -0.1) is 0 Å². The van der Waals surface area contributed by atoms with Crippen LogP contribution in [0.3, 0.4) is 0 Å². The zero-order valence-electron chi connectivity index (χ0n) is 9.41. The highest BCUT2D eigenvalue weighted by Crippen LogP contribution is 2.20. The zero-order valence-corrected chi connectivity index (χ0v) is 9.41. The van der Waals surface area contributed by atoms with E-state index < -0.39 is 0 Å². The number of hydrogen-bond donors (Lipinski definition) is 1. The largest absolute Gasteiger partial charge is 0.355 e. The van der Waals surface area contributed by atoms with Crippen molar-refractivity contribution in [2.24, 2.45) is 0 Å². The van der Waals surface area contributed by atoms with E-state index in [2.05, 4.69) is 12.2 Å². The quantitative estimate of drug-likeness (QED) is 0.561. The molecule has 1 amide bonds. The third kappa shape index (κ3) is 5.17. The number of hydrogen-bond acceptors (Lipinski definition) is 2. The molecule has 0 saturated heterocycles. The van der Waals surface area contributed by atoms with Gasteiger partial charge in [0, 0.05) is 0 Å². The first-order valence-corrected chi connectivity index (χ1v) is 6.01. The van der Waals surface area contributed by atoms with E-state index in [1.54, 1.807) is 0 Å². The summed E-state index contributed by atoms with van der Waals surface area (Å²) < 4.78 is 5.81. The van der Waals surface area contributed by atoms with Gasteiger partial charge in [0.25, 0.3) is 0 Å². The lowest BCUT2D eigenvalue weighted by atomic mass is 9.98. The van der Waals surface area contributed by atoms with Crippen LogP contribution in [0.5, 0.6) is 0 Å². The molecule has 1 saturated carbocycles. The van der Waals surface area contributed by atoms with Crippen molar-refractivity contribution in [3.8, 4) is 0 Å². The summed E-state index contributed by atoms with van der Waals surface area (Å²) in [6.45, 7) is 3.77. The van der Waals surface area contributed by atoms with Crippen molar-refractivity contribution in [1.82, 2.24) is 5.32 Å². The number of carbonyl (C=O) groups excluding carboxylic acids is 1. The van der Waals surface area contributed by atoms with Crippen LogP contribution >= 0.6 is 0 Å². The third-order valence-electron chi connectivity index (χ3n) is 2.93. The van der Waals surface area contributed by atoms with E-state index in [4.69, 9.17) is 4.74 Å². The Kier molecular flexibility index (Phi) is 6.41. The first kappa shape index (κ1) is 12.5. The van der Waals surface area contributed by atoms with Gasteiger partial charge < -0.3 is 10.1 Å². The van der Waals surface area contributed by atoms with Gasteiger partial charge in [-0.2, -0.15) is 0 Å². The molecular formula is C12H22NO2. The molecule has 1 aliphatic carbocycles. The number of rotatable bonds is 5. The van der Waals surface area contributed by atoms with Crippen molar-refractivity contribution in [3.63, 3.8) is 0 Å². The molecule has 3 heteroatoms. The number of carbonyl (C=O) groups is 1. The highest BCUT2D eigenvalue weighted by atomic mass is 16.5. The summed E-state index contributed by atoms with van der Waals surface area (Å²) in [6, 6.07) is 0. The van der Waals surface area contributed by atoms with E-state index in [9.17, 15) is 4.79 Å². The summed E-state index contributed by atoms with van der Waals surface area (Å²) >= 11 is 0. The summed E-state index contributed by atoms with van der Waals surface area (Å²) in [6.07, 6.45) is 10.1. The summed E-state index contributed by atoms with van der Waals surface area (Å²) in [5.74, 6) is 0. The van der Waals surface area contributed by atoms with Gasteiger partial charge in [-0.1, -0.05) is 32.1 Å². The van der Waals surface area contributed by atoms with E-state index in [1.807, 2.05) is 0 Å². The predicted molar refractivity (Wildman–Crippen MR) is 60.2 cm³/mol. The highest BCUT2D eigenvalue weighted by molar-refractivity contribution is 5.46. The third-order valence-corrected chi connectivity index (χ3v) is 2.93. The Hall–Kier alpha value is -0.570. The first-order chi connectivity index (χ1) is 7.36. The van der Waals surface area contributed by atoms with Gasteiger partial charge in [0.1, 0.15) is 6.23 Å². The average Bonchev–Trinajstić information content (AvgIpc) is 2.20. The molecule has 15 heavy (non-hydrogen) atoms. The van der Waals surface area contributed by atoms with Crippen molar-refractivity contribution in [2.45, 2.75) is 63.7 Å². The fraction of sp³-hybridized carbons (Fsp3) is 0.833. The molecule has 1 fully saturated rings. The second kappa shape index (κ2) is 7.69. The van der Waals surface area contributed by atoms with Crippen LogP contribution in [0, 0.1) is 6.92 Å². The minimum absolute atomic E-state index is 0.202. The van der Waals surface area contributed by atoms with Gasteiger partial charge in [0.2, 0.25) is 6.41 Å². The molecule has 1 atom stereocenters. The standard InChI is InChI=1S/C12H22NO2/c1-2-12(13-10-14)15-11-8-6-4-3-5-7-9-11/h10-12H,1-9H2,(H,13,14). The molecule has 1 radical (unpaired) electrons. The lowest BCUT2D eigenvalue weighted by molar-refractivity contribution is -0.116. The van der Waals surface area contributed by atoms with E-state index in [0.717, 1.165) is 12.8 Å².